The van der Waals surface area contributed by atoms with Crippen molar-refractivity contribution >= 4 is 69.9 Å². The molecule has 8 nitrogen and oxygen atoms in total. The van der Waals surface area contributed by atoms with E-state index in [-0.39, 0.29) is 11.1 Å². The predicted molar refractivity (Wildman–Crippen MR) is 127 cm³/mol. The van der Waals surface area contributed by atoms with Crippen molar-refractivity contribution < 1.29 is 38.4 Å². The molecule has 1 saturated carbocycles. The van der Waals surface area contributed by atoms with Crippen LogP contribution in [0.4, 0.5) is 0 Å². The maximum Gasteiger partial charge on any atom is 0.338 e. The first-order valence-electron chi connectivity index (χ1n) is 10.1. The van der Waals surface area contributed by atoms with Crippen LogP contribution in [0.5, 0.6) is 0 Å². The summed E-state index contributed by atoms with van der Waals surface area (Å²) in [5.74, 6) is -1.31. The van der Waals surface area contributed by atoms with Crippen LogP contribution in [-0.2, 0) is 23.7 Å². The molecular weight excluding hydrogens is 569 g/mol. The van der Waals surface area contributed by atoms with E-state index in [1.54, 1.807) is 24.3 Å². The molecule has 0 amide bonds. The van der Waals surface area contributed by atoms with Gasteiger partial charge in [-0.25, -0.2) is 9.59 Å². The van der Waals surface area contributed by atoms with Gasteiger partial charge >= 0.3 is 11.9 Å². The van der Waals surface area contributed by atoms with Crippen LogP contribution in [0.3, 0.4) is 0 Å². The summed E-state index contributed by atoms with van der Waals surface area (Å²) in [5, 5.41) is 11.6. The third-order valence-electron chi connectivity index (χ3n) is 5.42. The van der Waals surface area contributed by atoms with E-state index < -0.39 is 59.3 Å². The zero-order valence-corrected chi connectivity index (χ0v) is 21.2. The zero-order chi connectivity index (χ0) is 25.3. The lowest BCUT2D eigenvalue weighted by Crippen LogP contribution is -2.76. The maximum absolute atomic E-state index is 12.6. The number of aliphatic hydroxyl groups excluding tert-OH is 1. The summed E-state index contributed by atoms with van der Waals surface area (Å²) in [4.78, 5) is 25.3. The molecule has 13 heteroatoms. The summed E-state index contributed by atoms with van der Waals surface area (Å²) in [6.07, 6.45) is -5.87. The molecule has 4 aliphatic rings. The number of aliphatic hydroxyl groups is 1. The van der Waals surface area contributed by atoms with Gasteiger partial charge in [0, 0.05) is 10.0 Å². The molecule has 35 heavy (non-hydrogen) atoms. The Bertz CT molecular complexity index is 971. The molecule has 6 rings (SSSR count). The molecule has 3 saturated heterocycles. The van der Waals surface area contributed by atoms with E-state index in [9.17, 15) is 14.7 Å². The van der Waals surface area contributed by atoms with Crippen LogP contribution in [0.1, 0.15) is 20.7 Å². The van der Waals surface area contributed by atoms with Crippen LogP contribution in [-0.4, -0.2) is 64.4 Å². The largest absolute Gasteiger partial charge is 0.453 e. The van der Waals surface area contributed by atoms with E-state index in [0.29, 0.717) is 10.0 Å². The summed E-state index contributed by atoms with van der Waals surface area (Å²) >= 11 is 26.1. The van der Waals surface area contributed by atoms with Crippen molar-refractivity contribution in [1.29, 1.82) is 0 Å². The number of carbonyl (C=O) groups is 2. The van der Waals surface area contributed by atoms with Crippen molar-refractivity contribution in [2.45, 2.75) is 47.4 Å². The Morgan fingerprint density at radius 1 is 0.714 bits per heavy atom. The van der Waals surface area contributed by atoms with Crippen molar-refractivity contribution in [1.82, 2.24) is 0 Å². The standard InChI is InChI=1S/C21H16Cl2O8.CHCl3/c22-11-5-1-9(2-6-11)19(25)27-16-14-13(24)15-17(18(16)31-21(29-14)30-15)28-20(26)10-3-7-12(23)8-4-10;2-1(3)4/h1-8,13-18,21,24H;1H/t13?,14-,15+,16-,17-,18?,21?;/m1./s1. The number of hydrogen-bond donors (Lipinski definition) is 1. The smallest absolute Gasteiger partial charge is 0.338 e. The van der Waals surface area contributed by atoms with Crippen LogP contribution in [0.25, 0.3) is 0 Å². The van der Waals surface area contributed by atoms with Crippen LogP contribution in [0, 0.1) is 0 Å². The highest BCUT2D eigenvalue weighted by Gasteiger charge is 2.64. The normalized spacial score (nSPS) is 30.4. The van der Waals surface area contributed by atoms with Gasteiger partial charge in [0.25, 0.3) is 6.48 Å². The zero-order valence-electron chi connectivity index (χ0n) is 17.4. The monoisotopic (exact) mass is 584 g/mol. The highest BCUT2D eigenvalue weighted by atomic mass is 35.6. The summed E-state index contributed by atoms with van der Waals surface area (Å²) < 4.78 is 27.1. The molecule has 1 N–H and O–H groups in total. The Kier molecular flexibility index (Phi) is 8.69. The van der Waals surface area contributed by atoms with Crippen molar-refractivity contribution in [2.24, 2.45) is 0 Å². The Hall–Kier alpha value is -1.33. The van der Waals surface area contributed by atoms with Gasteiger partial charge in [-0.3, -0.25) is 0 Å². The topological polar surface area (TPSA) is 101 Å². The predicted octanol–water partition coefficient (Wildman–Crippen LogP) is 4.57. The van der Waals surface area contributed by atoms with Gasteiger partial charge in [-0.05, 0) is 48.5 Å². The number of benzene rings is 2. The summed E-state index contributed by atoms with van der Waals surface area (Å²) in [5.41, 5.74) is 0.525. The second-order valence-electron chi connectivity index (χ2n) is 7.58. The quantitative estimate of drug-likeness (QED) is 0.411. The fraction of sp³-hybridized carbons (Fsp3) is 0.364. The van der Waals surface area contributed by atoms with E-state index in [2.05, 4.69) is 0 Å². The lowest BCUT2D eigenvalue weighted by atomic mass is 9.82. The molecule has 4 fully saturated rings. The molecule has 0 aromatic heterocycles. The van der Waals surface area contributed by atoms with Gasteiger partial charge in [-0.15, -0.1) is 0 Å². The third kappa shape index (κ3) is 6.15. The van der Waals surface area contributed by atoms with E-state index >= 15 is 0 Å². The molecule has 3 heterocycles. The molecule has 188 valence electrons. The van der Waals surface area contributed by atoms with Gasteiger partial charge in [0.05, 0.1) is 11.1 Å². The highest BCUT2D eigenvalue weighted by Crippen LogP contribution is 2.42. The molecule has 4 bridgehead atoms. The number of halogens is 5. The van der Waals surface area contributed by atoms with Crippen molar-refractivity contribution in [2.75, 3.05) is 0 Å². The third-order valence-corrected chi connectivity index (χ3v) is 5.92. The summed E-state index contributed by atoms with van der Waals surface area (Å²) in [6.45, 7) is -1.04. The molecule has 2 aromatic rings. The van der Waals surface area contributed by atoms with E-state index in [0.717, 1.165) is 0 Å². The number of esters is 2. The maximum atomic E-state index is 12.6. The number of ether oxygens (including phenoxy) is 5. The van der Waals surface area contributed by atoms with Crippen LogP contribution >= 0.6 is 58.0 Å². The van der Waals surface area contributed by atoms with Gasteiger partial charge in [0.2, 0.25) is 0 Å². The van der Waals surface area contributed by atoms with Gasteiger partial charge in [0.15, 0.2) is 16.5 Å². The lowest BCUT2D eigenvalue weighted by molar-refractivity contribution is -0.479. The Morgan fingerprint density at radius 3 is 1.43 bits per heavy atom. The van der Waals surface area contributed by atoms with E-state index in [1.807, 2.05) is 0 Å². The van der Waals surface area contributed by atoms with Gasteiger partial charge in [-0.1, -0.05) is 58.0 Å². The Morgan fingerprint density at radius 2 is 1.06 bits per heavy atom. The van der Waals surface area contributed by atoms with Crippen molar-refractivity contribution in [3.63, 3.8) is 0 Å². The first-order valence-corrected chi connectivity index (χ1v) is 12.2. The fourth-order valence-electron chi connectivity index (χ4n) is 3.91. The average Bonchev–Trinajstić information content (AvgIpc) is 2.81. The lowest BCUT2D eigenvalue weighted by Gasteiger charge is -2.56. The molecule has 0 spiro atoms. The highest BCUT2D eigenvalue weighted by molar-refractivity contribution is 6.63. The molecular formula is C22H17Cl5O8. The first-order chi connectivity index (χ1) is 16.6. The van der Waals surface area contributed by atoms with Gasteiger partial charge in [0.1, 0.15) is 24.4 Å². The minimum Gasteiger partial charge on any atom is -0.453 e. The average molecular weight is 587 g/mol. The summed E-state index contributed by atoms with van der Waals surface area (Å²) in [7, 11) is 0. The van der Waals surface area contributed by atoms with E-state index in [4.69, 9.17) is 81.7 Å². The second kappa shape index (κ2) is 11.4. The van der Waals surface area contributed by atoms with E-state index in [1.165, 1.54) is 24.3 Å². The number of rotatable bonds is 4. The summed E-state index contributed by atoms with van der Waals surface area (Å²) in [6, 6.07) is 12.3. The Balaban J connectivity index is 0.000000672. The SMILES string of the molecule is ClC(Cl)Cl.O=C(O[C@H]1C2OC3O[C@@H]1C(O)[C@H](O3)[C@H]2OC(=O)c1ccc(Cl)cc1)c1ccc(Cl)cc1. The Labute approximate surface area is 224 Å². The molecule has 0 radical (unpaired) electrons. The fourth-order valence-corrected chi connectivity index (χ4v) is 4.16. The van der Waals surface area contributed by atoms with Crippen LogP contribution in [0.15, 0.2) is 48.5 Å². The first kappa shape index (κ1) is 26.7. The minimum absolute atomic E-state index is 0.263. The molecule has 1 aliphatic carbocycles. The molecule has 3 aliphatic heterocycles. The molecule has 2 aromatic carbocycles. The number of alkyl halides is 3. The van der Waals surface area contributed by atoms with Crippen LogP contribution < -0.4 is 0 Å². The van der Waals surface area contributed by atoms with Crippen LogP contribution in [0.2, 0.25) is 10.0 Å². The van der Waals surface area contributed by atoms with Gasteiger partial charge in [-0.2, -0.15) is 0 Å². The number of carbonyl (C=O) groups excluding carboxylic acids is 2. The van der Waals surface area contributed by atoms with Crippen molar-refractivity contribution in [3.8, 4) is 0 Å². The second-order valence-corrected chi connectivity index (χ2v) is 10.4. The number of hydrogen-bond acceptors (Lipinski definition) is 8. The van der Waals surface area contributed by atoms with Gasteiger partial charge < -0.3 is 28.8 Å². The van der Waals surface area contributed by atoms with Crippen molar-refractivity contribution in [3.05, 3.63) is 69.7 Å². The molecule has 7 atom stereocenters. The molecule has 3 unspecified atom stereocenters. The minimum atomic E-state index is -1.19.